The Morgan fingerprint density at radius 1 is 1.30 bits per heavy atom. The third-order valence-electron chi connectivity index (χ3n) is 3.65. The molecule has 2 heterocycles. The normalized spacial score (nSPS) is 15.3. The molecule has 1 aromatic heterocycles. The number of hydrogen-bond donors (Lipinski definition) is 0. The average molecular weight is 332 g/mol. The van der Waals surface area contributed by atoms with Gasteiger partial charge in [-0.3, -0.25) is 5.01 Å². The van der Waals surface area contributed by atoms with Gasteiger partial charge in [-0.25, -0.2) is 9.97 Å². The zero-order valence-electron chi connectivity index (χ0n) is 12.9. The van der Waals surface area contributed by atoms with E-state index in [1.54, 1.807) is 6.33 Å². The molecule has 2 aromatic rings. The molecule has 6 nitrogen and oxygen atoms in total. The van der Waals surface area contributed by atoms with Crippen LogP contribution in [0.3, 0.4) is 0 Å². The molecule has 1 fully saturated rings. The Morgan fingerprint density at radius 3 is 2.91 bits per heavy atom. The van der Waals surface area contributed by atoms with Crippen molar-refractivity contribution in [3.8, 4) is 11.1 Å². The predicted octanol–water partition coefficient (Wildman–Crippen LogP) is 3.69. The fraction of sp³-hybridized carbons (Fsp3) is 0.375. The summed E-state index contributed by atoms with van der Waals surface area (Å²) in [4.78, 5) is 8.45. The summed E-state index contributed by atoms with van der Waals surface area (Å²) in [5, 5.41) is 11.0. The summed E-state index contributed by atoms with van der Waals surface area (Å²) < 4.78 is 5.29. The maximum atomic E-state index is 6.25. The first-order valence-corrected chi connectivity index (χ1v) is 7.99. The number of aryl methyl sites for hydroxylation is 1. The van der Waals surface area contributed by atoms with Gasteiger partial charge in [-0.2, -0.15) is 0 Å². The molecule has 0 aliphatic carbocycles. The number of morpholine rings is 1. The van der Waals surface area contributed by atoms with E-state index in [0.29, 0.717) is 23.9 Å². The fourth-order valence-electron chi connectivity index (χ4n) is 2.39. The lowest BCUT2D eigenvalue weighted by Gasteiger charge is -2.22. The van der Waals surface area contributed by atoms with Gasteiger partial charge >= 0.3 is 0 Å². The van der Waals surface area contributed by atoms with Crippen LogP contribution in [0.2, 0.25) is 5.02 Å². The Labute approximate surface area is 140 Å². The minimum atomic E-state index is 0.570. The van der Waals surface area contributed by atoms with E-state index in [4.69, 9.17) is 16.3 Å². The van der Waals surface area contributed by atoms with Gasteiger partial charge in [-0.1, -0.05) is 29.8 Å². The zero-order chi connectivity index (χ0) is 16.1. The lowest BCUT2D eigenvalue weighted by molar-refractivity contribution is 0.0354. The van der Waals surface area contributed by atoms with E-state index >= 15 is 0 Å². The third-order valence-corrected chi connectivity index (χ3v) is 3.97. The average Bonchev–Trinajstić information content (AvgIpc) is 2.62. The molecular formula is C16H18ClN5O. The van der Waals surface area contributed by atoms with E-state index in [-0.39, 0.29) is 0 Å². The molecule has 7 heteroatoms. The van der Waals surface area contributed by atoms with Crippen LogP contribution in [-0.4, -0.2) is 41.3 Å². The van der Waals surface area contributed by atoms with Crippen molar-refractivity contribution < 1.29 is 4.74 Å². The number of halogens is 1. The predicted molar refractivity (Wildman–Crippen MR) is 88.8 cm³/mol. The van der Waals surface area contributed by atoms with Gasteiger partial charge in [0.15, 0.2) is 0 Å². The van der Waals surface area contributed by atoms with Crippen LogP contribution in [0.15, 0.2) is 41.1 Å². The van der Waals surface area contributed by atoms with Crippen LogP contribution in [0.4, 0.5) is 5.69 Å². The topological polar surface area (TPSA) is 63.0 Å². The minimum absolute atomic E-state index is 0.570. The van der Waals surface area contributed by atoms with E-state index in [0.717, 1.165) is 36.3 Å². The second-order valence-electron chi connectivity index (χ2n) is 5.16. The van der Waals surface area contributed by atoms with Gasteiger partial charge in [-0.05, 0) is 24.1 Å². The highest BCUT2D eigenvalue weighted by Gasteiger charge is 2.10. The SMILES string of the molecule is CCc1ncncc1-c1ccc(Cl)c(N=NN2CCOCC2)c1. The summed E-state index contributed by atoms with van der Waals surface area (Å²) in [7, 11) is 0. The molecule has 3 rings (SSSR count). The Morgan fingerprint density at radius 2 is 2.13 bits per heavy atom. The summed E-state index contributed by atoms with van der Waals surface area (Å²) >= 11 is 6.25. The molecule has 0 unspecified atom stereocenters. The van der Waals surface area contributed by atoms with Gasteiger partial charge in [0.25, 0.3) is 0 Å². The Balaban J connectivity index is 1.88. The van der Waals surface area contributed by atoms with Crippen LogP contribution < -0.4 is 0 Å². The molecule has 120 valence electrons. The van der Waals surface area contributed by atoms with Crippen molar-refractivity contribution in [2.75, 3.05) is 26.3 Å². The maximum absolute atomic E-state index is 6.25. The lowest BCUT2D eigenvalue weighted by Crippen LogP contribution is -2.31. The molecule has 0 radical (unpaired) electrons. The van der Waals surface area contributed by atoms with E-state index in [9.17, 15) is 0 Å². The van der Waals surface area contributed by atoms with Crippen LogP contribution in [0.5, 0.6) is 0 Å². The van der Waals surface area contributed by atoms with E-state index in [2.05, 4.69) is 27.2 Å². The van der Waals surface area contributed by atoms with Crippen LogP contribution in [0, 0.1) is 0 Å². The highest BCUT2D eigenvalue weighted by atomic mass is 35.5. The van der Waals surface area contributed by atoms with Crippen molar-refractivity contribution in [1.82, 2.24) is 15.0 Å². The first-order valence-electron chi connectivity index (χ1n) is 7.61. The van der Waals surface area contributed by atoms with Crippen LogP contribution >= 0.6 is 11.6 Å². The summed E-state index contributed by atoms with van der Waals surface area (Å²) in [5.74, 6) is 0. The van der Waals surface area contributed by atoms with Crippen molar-refractivity contribution in [2.24, 2.45) is 10.3 Å². The number of benzene rings is 1. The van der Waals surface area contributed by atoms with Gasteiger partial charge in [0, 0.05) is 11.8 Å². The van der Waals surface area contributed by atoms with Gasteiger partial charge in [0.2, 0.25) is 0 Å². The highest BCUT2D eigenvalue weighted by molar-refractivity contribution is 6.33. The Kier molecular flexibility index (Phi) is 5.15. The molecule has 1 aliphatic heterocycles. The second-order valence-corrected chi connectivity index (χ2v) is 5.57. The largest absolute Gasteiger partial charge is 0.378 e. The van der Waals surface area contributed by atoms with Crippen molar-refractivity contribution in [2.45, 2.75) is 13.3 Å². The number of ether oxygens (including phenoxy) is 1. The zero-order valence-corrected chi connectivity index (χ0v) is 13.7. The van der Waals surface area contributed by atoms with Gasteiger partial charge in [-0.15, -0.1) is 5.11 Å². The van der Waals surface area contributed by atoms with E-state index in [1.807, 2.05) is 29.4 Å². The lowest BCUT2D eigenvalue weighted by atomic mass is 10.0. The van der Waals surface area contributed by atoms with Crippen molar-refractivity contribution in [3.63, 3.8) is 0 Å². The smallest absolute Gasteiger partial charge is 0.115 e. The molecule has 1 aromatic carbocycles. The fourth-order valence-corrected chi connectivity index (χ4v) is 2.54. The van der Waals surface area contributed by atoms with Crippen molar-refractivity contribution >= 4 is 17.3 Å². The molecule has 1 aliphatic rings. The number of rotatable bonds is 4. The Hall–Kier alpha value is -2.05. The number of hydrogen-bond acceptors (Lipinski definition) is 5. The summed E-state index contributed by atoms with van der Waals surface area (Å²) in [6.45, 7) is 4.91. The summed E-state index contributed by atoms with van der Waals surface area (Å²) in [5.41, 5.74) is 3.62. The maximum Gasteiger partial charge on any atom is 0.115 e. The monoisotopic (exact) mass is 331 g/mol. The van der Waals surface area contributed by atoms with Crippen LogP contribution in [0.25, 0.3) is 11.1 Å². The molecule has 0 saturated carbocycles. The first-order chi connectivity index (χ1) is 11.3. The van der Waals surface area contributed by atoms with Gasteiger partial charge < -0.3 is 4.74 Å². The molecule has 0 amide bonds. The molecule has 0 spiro atoms. The summed E-state index contributed by atoms with van der Waals surface area (Å²) in [6.07, 6.45) is 4.22. The van der Waals surface area contributed by atoms with Crippen LogP contribution in [-0.2, 0) is 11.2 Å². The molecule has 0 atom stereocenters. The highest BCUT2D eigenvalue weighted by Crippen LogP contribution is 2.32. The van der Waals surface area contributed by atoms with Gasteiger partial charge in [0.05, 0.1) is 37.0 Å². The number of nitrogens with zero attached hydrogens (tertiary/aromatic N) is 5. The third kappa shape index (κ3) is 3.83. The van der Waals surface area contributed by atoms with E-state index < -0.39 is 0 Å². The minimum Gasteiger partial charge on any atom is -0.378 e. The number of aromatic nitrogens is 2. The standard InChI is InChI=1S/C16H18ClN5O/c1-2-15-13(10-18-11-19-15)12-3-4-14(17)16(9-12)20-21-22-5-7-23-8-6-22/h3-4,9-11H,2,5-8H2,1H3. The first kappa shape index (κ1) is 15.8. The molecule has 0 N–H and O–H groups in total. The van der Waals surface area contributed by atoms with Gasteiger partial charge in [0.1, 0.15) is 12.0 Å². The molecule has 23 heavy (non-hydrogen) atoms. The molecule has 1 saturated heterocycles. The second kappa shape index (κ2) is 7.48. The van der Waals surface area contributed by atoms with E-state index in [1.165, 1.54) is 0 Å². The molecule has 0 bridgehead atoms. The van der Waals surface area contributed by atoms with Crippen molar-refractivity contribution in [1.29, 1.82) is 0 Å². The van der Waals surface area contributed by atoms with Crippen molar-refractivity contribution in [3.05, 3.63) is 41.4 Å². The molecular weight excluding hydrogens is 314 g/mol. The Bertz CT molecular complexity index is 701. The quantitative estimate of drug-likeness (QED) is 0.801. The van der Waals surface area contributed by atoms with Crippen LogP contribution in [0.1, 0.15) is 12.6 Å². The summed E-state index contributed by atoms with van der Waals surface area (Å²) in [6, 6.07) is 5.70.